The van der Waals surface area contributed by atoms with E-state index in [1.54, 1.807) is 0 Å². The van der Waals surface area contributed by atoms with Gasteiger partial charge in [0.1, 0.15) is 16.5 Å². The number of hydrogen-bond acceptors (Lipinski definition) is 1. The van der Waals surface area contributed by atoms with E-state index in [0.717, 1.165) is 0 Å². The van der Waals surface area contributed by atoms with Gasteiger partial charge in [-0.3, -0.25) is 0 Å². The SMILES string of the molecule is C[Si](C)(C)N(c1[c]c2ccccc2cc1)[Si](C)(C)C. The van der Waals surface area contributed by atoms with Gasteiger partial charge < -0.3 is 4.23 Å². The molecule has 2 rings (SSSR count). The van der Waals surface area contributed by atoms with Crippen molar-refractivity contribution in [2.24, 2.45) is 0 Å². The minimum atomic E-state index is -1.39. The van der Waals surface area contributed by atoms with E-state index in [9.17, 15) is 0 Å². The Hall–Kier alpha value is -1.07. The van der Waals surface area contributed by atoms with E-state index in [0.29, 0.717) is 0 Å². The Morgan fingerprint density at radius 3 is 1.95 bits per heavy atom. The highest BCUT2D eigenvalue weighted by Crippen LogP contribution is 2.30. The largest absolute Gasteiger partial charge is 0.424 e. The van der Waals surface area contributed by atoms with E-state index >= 15 is 0 Å². The Bertz CT molecular complexity index is 565. The molecule has 0 atom stereocenters. The van der Waals surface area contributed by atoms with Crippen molar-refractivity contribution in [2.75, 3.05) is 4.23 Å². The summed E-state index contributed by atoms with van der Waals surface area (Å²) in [4.78, 5) is 0. The van der Waals surface area contributed by atoms with Gasteiger partial charge >= 0.3 is 0 Å². The average Bonchev–Trinajstić information content (AvgIpc) is 2.25. The van der Waals surface area contributed by atoms with Crippen LogP contribution >= 0.6 is 0 Å². The Morgan fingerprint density at radius 2 is 1.37 bits per heavy atom. The van der Waals surface area contributed by atoms with E-state index < -0.39 is 16.5 Å². The molecule has 0 aliphatic rings. The number of nitrogens with zero attached hydrogens (tertiary/aromatic N) is 1. The first-order chi connectivity index (χ1) is 8.69. The van der Waals surface area contributed by atoms with Crippen molar-refractivity contribution < 1.29 is 0 Å². The molecule has 1 radical (unpaired) electrons. The molecular formula is C16H24NSi2. The molecule has 0 aliphatic carbocycles. The van der Waals surface area contributed by atoms with Crippen molar-refractivity contribution in [3.05, 3.63) is 42.5 Å². The fourth-order valence-corrected chi connectivity index (χ4v) is 12.7. The highest BCUT2D eigenvalue weighted by molar-refractivity contribution is 6.99. The van der Waals surface area contributed by atoms with Crippen molar-refractivity contribution in [3.8, 4) is 0 Å². The molecule has 0 fully saturated rings. The number of rotatable bonds is 3. The number of hydrogen-bond donors (Lipinski definition) is 0. The summed E-state index contributed by atoms with van der Waals surface area (Å²) >= 11 is 0. The Morgan fingerprint density at radius 1 is 0.789 bits per heavy atom. The summed E-state index contributed by atoms with van der Waals surface area (Å²) in [6, 6.07) is 16.6. The minimum Gasteiger partial charge on any atom is -0.424 e. The monoisotopic (exact) mass is 286 g/mol. The first-order valence-electron chi connectivity index (χ1n) is 6.91. The van der Waals surface area contributed by atoms with Gasteiger partial charge in [-0.2, -0.15) is 0 Å². The van der Waals surface area contributed by atoms with Gasteiger partial charge in [0.05, 0.1) is 0 Å². The smallest absolute Gasteiger partial charge is 0.138 e. The van der Waals surface area contributed by atoms with Gasteiger partial charge in [0.25, 0.3) is 0 Å². The van der Waals surface area contributed by atoms with E-state index in [2.05, 4.69) is 86.0 Å². The molecule has 2 aromatic rings. The van der Waals surface area contributed by atoms with Gasteiger partial charge in [-0.15, -0.1) is 0 Å². The van der Waals surface area contributed by atoms with Crippen LogP contribution in [0.1, 0.15) is 0 Å². The standard InChI is InChI=1S/C16H24NSi2/c1-18(2,3)17(19(4,5)6)16-12-11-14-9-7-8-10-15(14)13-16/h7-12H,1-6H3. The lowest BCUT2D eigenvalue weighted by Gasteiger charge is -2.45. The highest BCUT2D eigenvalue weighted by Gasteiger charge is 2.34. The van der Waals surface area contributed by atoms with E-state index in [1.807, 2.05) is 0 Å². The summed E-state index contributed by atoms with van der Waals surface area (Å²) in [6.45, 7) is 14.5. The maximum atomic E-state index is 3.64. The van der Waals surface area contributed by atoms with Crippen molar-refractivity contribution in [1.29, 1.82) is 0 Å². The van der Waals surface area contributed by atoms with Crippen LogP contribution in [0.5, 0.6) is 0 Å². The molecule has 0 spiro atoms. The van der Waals surface area contributed by atoms with E-state index in [1.165, 1.54) is 16.5 Å². The first kappa shape index (κ1) is 14.3. The van der Waals surface area contributed by atoms with Gasteiger partial charge in [0.2, 0.25) is 0 Å². The molecule has 19 heavy (non-hydrogen) atoms. The Labute approximate surface area is 119 Å². The van der Waals surface area contributed by atoms with Crippen molar-refractivity contribution in [3.63, 3.8) is 0 Å². The third-order valence-corrected chi connectivity index (χ3v) is 10.4. The fourth-order valence-electron chi connectivity index (χ4n) is 2.96. The molecule has 0 aromatic heterocycles. The van der Waals surface area contributed by atoms with Crippen LogP contribution in [0.2, 0.25) is 39.3 Å². The second kappa shape index (κ2) is 4.80. The molecule has 0 unspecified atom stereocenters. The molecule has 3 heteroatoms. The quantitative estimate of drug-likeness (QED) is 0.708. The van der Waals surface area contributed by atoms with Crippen LogP contribution in [0.4, 0.5) is 5.69 Å². The van der Waals surface area contributed by atoms with Crippen molar-refractivity contribution in [2.45, 2.75) is 39.3 Å². The first-order valence-corrected chi connectivity index (χ1v) is 13.8. The van der Waals surface area contributed by atoms with Gasteiger partial charge in [-0.05, 0) is 16.8 Å². The van der Waals surface area contributed by atoms with Crippen LogP contribution in [0, 0.1) is 6.07 Å². The topological polar surface area (TPSA) is 3.24 Å². The molecule has 0 saturated carbocycles. The predicted octanol–water partition coefficient (Wildman–Crippen LogP) is 5.12. The van der Waals surface area contributed by atoms with E-state index in [4.69, 9.17) is 0 Å². The molecule has 0 saturated heterocycles. The summed E-state index contributed by atoms with van der Waals surface area (Å²) in [5, 5.41) is 2.50. The minimum absolute atomic E-state index is 1.22. The van der Waals surface area contributed by atoms with Crippen molar-refractivity contribution >= 4 is 32.9 Å². The summed E-state index contributed by atoms with van der Waals surface area (Å²) in [7, 11) is -2.77. The van der Waals surface area contributed by atoms with Gasteiger partial charge in [-0.25, -0.2) is 0 Å². The maximum Gasteiger partial charge on any atom is 0.138 e. The summed E-state index contributed by atoms with van der Waals surface area (Å²) in [6.07, 6.45) is 0. The third kappa shape index (κ3) is 3.09. The second-order valence-electron chi connectivity index (χ2n) is 7.11. The molecule has 2 aromatic carbocycles. The summed E-state index contributed by atoms with van der Waals surface area (Å²) in [5.41, 5.74) is 1.29. The van der Waals surface area contributed by atoms with Crippen LogP contribution in [-0.4, -0.2) is 16.5 Å². The summed E-state index contributed by atoms with van der Waals surface area (Å²) in [5.74, 6) is 0. The zero-order valence-electron chi connectivity index (χ0n) is 12.9. The maximum absolute atomic E-state index is 3.64. The second-order valence-corrected chi connectivity index (χ2v) is 17.1. The molecule has 0 aliphatic heterocycles. The molecular weight excluding hydrogens is 262 g/mol. The predicted molar refractivity (Wildman–Crippen MR) is 92.0 cm³/mol. The van der Waals surface area contributed by atoms with E-state index in [-0.39, 0.29) is 0 Å². The zero-order chi connectivity index (χ0) is 14.3. The van der Waals surface area contributed by atoms with Gasteiger partial charge in [-0.1, -0.05) is 69.6 Å². The fraction of sp³-hybridized carbons (Fsp3) is 0.375. The van der Waals surface area contributed by atoms with Gasteiger partial charge in [0.15, 0.2) is 0 Å². The Balaban J connectivity index is 2.57. The van der Waals surface area contributed by atoms with Crippen LogP contribution in [0.15, 0.2) is 36.4 Å². The van der Waals surface area contributed by atoms with Crippen LogP contribution in [0.3, 0.4) is 0 Å². The van der Waals surface area contributed by atoms with Crippen LogP contribution < -0.4 is 4.23 Å². The average molecular weight is 287 g/mol. The highest BCUT2D eigenvalue weighted by atomic mass is 28.4. The molecule has 1 nitrogen and oxygen atoms in total. The van der Waals surface area contributed by atoms with Crippen molar-refractivity contribution in [1.82, 2.24) is 0 Å². The number of fused-ring (bicyclic) bond motifs is 1. The lowest BCUT2D eigenvalue weighted by molar-refractivity contribution is 1.36. The zero-order valence-corrected chi connectivity index (χ0v) is 14.9. The number of anilines is 1. The van der Waals surface area contributed by atoms with Crippen LogP contribution in [-0.2, 0) is 0 Å². The number of benzene rings is 2. The molecule has 0 N–H and O–H groups in total. The third-order valence-electron chi connectivity index (χ3n) is 3.23. The molecule has 0 amide bonds. The van der Waals surface area contributed by atoms with Crippen LogP contribution in [0.25, 0.3) is 10.8 Å². The summed E-state index contributed by atoms with van der Waals surface area (Å²) < 4.78 is 2.71. The lowest BCUT2D eigenvalue weighted by Crippen LogP contribution is -2.59. The Kier molecular flexibility index (Phi) is 3.62. The lowest BCUT2D eigenvalue weighted by atomic mass is 10.1. The molecule has 101 valence electrons. The van der Waals surface area contributed by atoms with Gasteiger partial charge in [0, 0.05) is 11.8 Å². The molecule has 0 bridgehead atoms. The molecule has 0 heterocycles. The normalized spacial score (nSPS) is 12.7.